The third kappa shape index (κ3) is 4.84. The Morgan fingerprint density at radius 2 is 2.04 bits per heavy atom. The van der Waals surface area contributed by atoms with E-state index in [2.05, 4.69) is 10.5 Å². The summed E-state index contributed by atoms with van der Waals surface area (Å²) in [6, 6.07) is 6.61. The van der Waals surface area contributed by atoms with Crippen LogP contribution in [0.4, 0.5) is 0 Å². The van der Waals surface area contributed by atoms with Gasteiger partial charge >= 0.3 is 0 Å². The number of furan rings is 1. The van der Waals surface area contributed by atoms with E-state index in [0.717, 1.165) is 0 Å². The van der Waals surface area contributed by atoms with Crippen LogP contribution >= 0.6 is 0 Å². The van der Waals surface area contributed by atoms with Gasteiger partial charge in [0.1, 0.15) is 11.5 Å². The third-order valence-electron chi connectivity index (χ3n) is 3.22. The number of nitrogens with two attached hydrogens (primary N) is 1. The summed E-state index contributed by atoms with van der Waals surface area (Å²) in [4.78, 5) is 22.8. The molecular weight excluding hydrogens is 326 g/mol. The van der Waals surface area contributed by atoms with E-state index < -0.39 is 5.91 Å². The summed E-state index contributed by atoms with van der Waals surface area (Å²) in [5.74, 6) is 1.04. The lowest BCUT2D eigenvalue weighted by Crippen LogP contribution is -2.20. The lowest BCUT2D eigenvalue weighted by atomic mass is 10.2. The van der Waals surface area contributed by atoms with Crippen molar-refractivity contribution in [3.8, 4) is 11.5 Å². The van der Waals surface area contributed by atoms with E-state index >= 15 is 0 Å². The number of aryl methyl sites for hydroxylation is 2. The van der Waals surface area contributed by atoms with Crippen molar-refractivity contribution in [2.45, 2.75) is 13.8 Å². The first kappa shape index (κ1) is 18.1. The zero-order valence-corrected chi connectivity index (χ0v) is 14.2. The van der Waals surface area contributed by atoms with E-state index in [0.29, 0.717) is 34.1 Å². The molecule has 3 N–H and O–H groups in total. The fourth-order valence-electron chi connectivity index (χ4n) is 2.11. The molecule has 0 aliphatic heterocycles. The summed E-state index contributed by atoms with van der Waals surface area (Å²) in [5, 5.41) is 3.91. The number of ether oxygens (including phenoxy) is 2. The molecule has 1 aromatic heterocycles. The predicted molar refractivity (Wildman–Crippen MR) is 90.9 cm³/mol. The molecule has 0 saturated heterocycles. The quantitative estimate of drug-likeness (QED) is 0.583. The maximum absolute atomic E-state index is 12.0. The minimum atomic E-state index is -0.583. The SMILES string of the molecule is COc1cc(/C=N\NC(=O)c2cc(C)oc2C)ccc1OCC(N)=O. The average molecular weight is 345 g/mol. The molecule has 0 atom stereocenters. The van der Waals surface area contributed by atoms with Gasteiger partial charge in [-0.15, -0.1) is 0 Å². The van der Waals surface area contributed by atoms with E-state index in [1.54, 1.807) is 38.1 Å². The first-order valence-electron chi connectivity index (χ1n) is 7.40. The van der Waals surface area contributed by atoms with Crippen LogP contribution in [0.5, 0.6) is 11.5 Å². The van der Waals surface area contributed by atoms with Crippen molar-refractivity contribution < 1.29 is 23.5 Å². The summed E-state index contributed by atoms with van der Waals surface area (Å²) < 4.78 is 15.7. The Morgan fingerprint density at radius 1 is 1.28 bits per heavy atom. The van der Waals surface area contributed by atoms with Crippen LogP contribution in [0.25, 0.3) is 0 Å². The normalized spacial score (nSPS) is 10.7. The van der Waals surface area contributed by atoms with E-state index in [1.807, 2.05) is 0 Å². The molecule has 0 spiro atoms. The van der Waals surface area contributed by atoms with E-state index in [4.69, 9.17) is 19.6 Å². The Morgan fingerprint density at radius 3 is 2.64 bits per heavy atom. The van der Waals surface area contributed by atoms with Gasteiger partial charge in [0.15, 0.2) is 18.1 Å². The van der Waals surface area contributed by atoms with Crippen molar-refractivity contribution >= 4 is 18.0 Å². The summed E-state index contributed by atoms with van der Waals surface area (Å²) in [7, 11) is 1.47. The zero-order valence-electron chi connectivity index (χ0n) is 14.2. The van der Waals surface area contributed by atoms with Gasteiger partial charge in [-0.1, -0.05) is 0 Å². The largest absolute Gasteiger partial charge is 0.493 e. The van der Waals surface area contributed by atoms with Gasteiger partial charge in [-0.25, -0.2) is 5.43 Å². The maximum atomic E-state index is 12.0. The van der Waals surface area contributed by atoms with Crippen molar-refractivity contribution in [1.29, 1.82) is 0 Å². The molecule has 8 nitrogen and oxygen atoms in total. The topological polar surface area (TPSA) is 116 Å². The lowest BCUT2D eigenvalue weighted by Gasteiger charge is -2.09. The van der Waals surface area contributed by atoms with Crippen molar-refractivity contribution in [3.05, 3.63) is 46.9 Å². The highest BCUT2D eigenvalue weighted by Gasteiger charge is 2.12. The number of carbonyl (C=O) groups is 2. The smallest absolute Gasteiger partial charge is 0.274 e. The molecule has 2 rings (SSSR count). The number of hydrogen-bond donors (Lipinski definition) is 2. The fourth-order valence-corrected chi connectivity index (χ4v) is 2.11. The van der Waals surface area contributed by atoms with Crippen LogP contribution in [-0.2, 0) is 4.79 Å². The molecule has 0 unspecified atom stereocenters. The number of amides is 2. The summed E-state index contributed by atoms with van der Waals surface area (Å²) >= 11 is 0. The molecule has 8 heteroatoms. The molecule has 0 aliphatic carbocycles. The highest BCUT2D eigenvalue weighted by atomic mass is 16.5. The van der Waals surface area contributed by atoms with Gasteiger partial charge in [0.2, 0.25) is 0 Å². The number of hydrogen-bond acceptors (Lipinski definition) is 6. The van der Waals surface area contributed by atoms with Crippen molar-refractivity contribution in [2.75, 3.05) is 13.7 Å². The summed E-state index contributed by atoms with van der Waals surface area (Å²) in [5.41, 5.74) is 8.58. The van der Waals surface area contributed by atoms with Crippen molar-refractivity contribution in [3.63, 3.8) is 0 Å². The van der Waals surface area contributed by atoms with Crippen LogP contribution in [0.2, 0.25) is 0 Å². The fraction of sp³-hybridized carbons (Fsp3) is 0.235. The van der Waals surface area contributed by atoms with Crippen LogP contribution in [-0.4, -0.2) is 31.7 Å². The Hall–Kier alpha value is -3.29. The molecule has 2 aromatic rings. The molecule has 25 heavy (non-hydrogen) atoms. The lowest BCUT2D eigenvalue weighted by molar-refractivity contribution is -0.119. The van der Waals surface area contributed by atoms with Crippen LogP contribution in [0.3, 0.4) is 0 Å². The summed E-state index contributed by atoms with van der Waals surface area (Å²) in [6.07, 6.45) is 1.46. The monoisotopic (exact) mass is 345 g/mol. The van der Waals surface area contributed by atoms with Gasteiger partial charge in [0, 0.05) is 0 Å². The Balaban J connectivity index is 2.04. The molecule has 0 saturated carbocycles. The molecule has 132 valence electrons. The van der Waals surface area contributed by atoms with Crippen molar-refractivity contribution in [1.82, 2.24) is 5.43 Å². The van der Waals surface area contributed by atoms with Crippen LogP contribution in [0, 0.1) is 13.8 Å². The highest BCUT2D eigenvalue weighted by Crippen LogP contribution is 2.27. The second-order valence-electron chi connectivity index (χ2n) is 5.19. The van der Waals surface area contributed by atoms with Gasteiger partial charge in [-0.05, 0) is 43.7 Å². The van der Waals surface area contributed by atoms with E-state index in [9.17, 15) is 9.59 Å². The predicted octanol–water partition coefficient (Wildman–Crippen LogP) is 1.53. The molecule has 0 radical (unpaired) electrons. The van der Waals surface area contributed by atoms with Crippen LogP contribution in [0.15, 0.2) is 33.8 Å². The van der Waals surface area contributed by atoms with Gasteiger partial charge in [0.05, 0.1) is 18.9 Å². The number of primary amides is 1. The standard InChI is InChI=1S/C17H19N3O5/c1-10-6-13(11(2)25-10)17(22)20-19-8-12-4-5-14(15(7-12)23-3)24-9-16(18)21/h4-8H,9H2,1-3H3,(H2,18,21)(H,20,22)/b19-8-. The molecule has 1 heterocycles. The first-order chi connectivity index (χ1) is 11.9. The van der Waals surface area contributed by atoms with Gasteiger partial charge in [0.25, 0.3) is 11.8 Å². The number of nitrogens with one attached hydrogen (secondary N) is 1. The van der Waals surface area contributed by atoms with E-state index in [1.165, 1.54) is 13.3 Å². The molecule has 1 aromatic carbocycles. The van der Waals surface area contributed by atoms with Crippen LogP contribution in [0.1, 0.15) is 27.4 Å². The summed E-state index contributed by atoms with van der Waals surface area (Å²) in [6.45, 7) is 3.23. The molecular formula is C17H19N3O5. The van der Waals surface area contributed by atoms with Gasteiger partial charge < -0.3 is 19.6 Å². The Bertz CT molecular complexity index is 811. The average Bonchev–Trinajstić information content (AvgIpc) is 2.91. The molecule has 0 fully saturated rings. The van der Waals surface area contributed by atoms with Gasteiger partial charge in [-0.3, -0.25) is 9.59 Å². The van der Waals surface area contributed by atoms with Gasteiger partial charge in [-0.2, -0.15) is 5.10 Å². The number of rotatable bonds is 7. The van der Waals surface area contributed by atoms with Crippen LogP contribution < -0.4 is 20.6 Å². The third-order valence-corrected chi connectivity index (χ3v) is 3.22. The molecule has 0 aliphatic rings. The Labute approximate surface area is 144 Å². The minimum absolute atomic E-state index is 0.247. The first-order valence-corrected chi connectivity index (χ1v) is 7.40. The van der Waals surface area contributed by atoms with E-state index in [-0.39, 0.29) is 12.5 Å². The number of carbonyl (C=O) groups excluding carboxylic acids is 2. The van der Waals surface area contributed by atoms with Crippen molar-refractivity contribution in [2.24, 2.45) is 10.8 Å². The molecule has 2 amide bonds. The number of hydrazone groups is 1. The number of nitrogens with zero attached hydrogens (tertiary/aromatic N) is 1. The second kappa shape index (κ2) is 8.00. The Kier molecular flexibility index (Phi) is 5.78. The number of methoxy groups -OCH3 is 1. The number of benzene rings is 1. The highest BCUT2D eigenvalue weighted by molar-refractivity contribution is 5.95. The minimum Gasteiger partial charge on any atom is -0.493 e. The zero-order chi connectivity index (χ0) is 18.4. The molecule has 0 bridgehead atoms. The second-order valence-corrected chi connectivity index (χ2v) is 5.19. The maximum Gasteiger partial charge on any atom is 0.274 e.